The zero-order chi connectivity index (χ0) is 20.1. The van der Waals surface area contributed by atoms with Crippen molar-refractivity contribution in [1.29, 1.82) is 0 Å². The molecule has 154 valence electrons. The molecule has 5 heteroatoms. The molecule has 0 unspecified atom stereocenters. The Bertz CT molecular complexity index is 666. The monoisotopic (exact) mass is 385 g/mol. The molecule has 0 bridgehead atoms. The van der Waals surface area contributed by atoms with E-state index in [2.05, 4.69) is 55.3 Å². The number of rotatable bonds is 7. The van der Waals surface area contributed by atoms with E-state index in [0.717, 1.165) is 45.3 Å². The number of nitrogens with one attached hydrogen (secondary N) is 1. The van der Waals surface area contributed by atoms with Gasteiger partial charge in [-0.3, -0.25) is 14.5 Å². The van der Waals surface area contributed by atoms with Crippen LogP contribution in [0.15, 0.2) is 30.3 Å². The average Bonchev–Trinajstić information content (AvgIpc) is 2.68. The molecule has 2 fully saturated rings. The summed E-state index contributed by atoms with van der Waals surface area (Å²) < 4.78 is 0. The number of carbonyl (C=O) groups excluding carboxylic acids is 2. The molecule has 2 heterocycles. The third-order valence-corrected chi connectivity index (χ3v) is 6.18. The first-order valence-electron chi connectivity index (χ1n) is 10.8. The summed E-state index contributed by atoms with van der Waals surface area (Å²) in [6.45, 7) is 9.60. The molecule has 3 rings (SSSR count). The number of benzene rings is 1. The van der Waals surface area contributed by atoms with Gasteiger partial charge >= 0.3 is 0 Å². The number of unbranched alkanes of at least 4 members (excludes halogenated alkanes) is 1. The van der Waals surface area contributed by atoms with Gasteiger partial charge in [0.05, 0.1) is 0 Å². The van der Waals surface area contributed by atoms with Crippen molar-refractivity contribution >= 4 is 11.8 Å². The van der Waals surface area contributed by atoms with Crippen molar-refractivity contribution in [2.45, 2.75) is 71.0 Å². The lowest BCUT2D eigenvalue weighted by atomic mass is 9.80. The maximum absolute atomic E-state index is 13.3. The Morgan fingerprint density at radius 2 is 1.82 bits per heavy atom. The molecular formula is C23H35N3O2. The zero-order valence-corrected chi connectivity index (χ0v) is 17.6. The van der Waals surface area contributed by atoms with E-state index in [9.17, 15) is 9.59 Å². The van der Waals surface area contributed by atoms with E-state index < -0.39 is 5.54 Å². The summed E-state index contributed by atoms with van der Waals surface area (Å²) in [5.74, 6) is 0.565. The Morgan fingerprint density at radius 3 is 2.43 bits per heavy atom. The molecule has 1 spiro atoms. The van der Waals surface area contributed by atoms with Crippen molar-refractivity contribution in [3.05, 3.63) is 35.9 Å². The van der Waals surface area contributed by atoms with Crippen LogP contribution in [0.2, 0.25) is 0 Å². The van der Waals surface area contributed by atoms with Gasteiger partial charge in [0.25, 0.3) is 0 Å². The summed E-state index contributed by atoms with van der Waals surface area (Å²) in [7, 11) is 0. The Balaban J connectivity index is 1.73. The topological polar surface area (TPSA) is 52.7 Å². The number of nitrogens with zero attached hydrogens (tertiary/aromatic N) is 2. The third-order valence-electron chi connectivity index (χ3n) is 6.18. The summed E-state index contributed by atoms with van der Waals surface area (Å²) in [4.78, 5) is 30.8. The molecule has 5 nitrogen and oxygen atoms in total. The summed E-state index contributed by atoms with van der Waals surface area (Å²) in [5, 5.41) is 3.08. The number of piperidine rings is 1. The van der Waals surface area contributed by atoms with Crippen LogP contribution in [0, 0.1) is 5.92 Å². The van der Waals surface area contributed by atoms with E-state index in [1.165, 1.54) is 5.56 Å². The summed E-state index contributed by atoms with van der Waals surface area (Å²) >= 11 is 0. The molecule has 2 saturated heterocycles. The van der Waals surface area contributed by atoms with Gasteiger partial charge in [0, 0.05) is 26.2 Å². The smallest absolute Gasteiger partial charge is 0.246 e. The van der Waals surface area contributed by atoms with Gasteiger partial charge in [-0.15, -0.1) is 0 Å². The first kappa shape index (κ1) is 20.8. The number of carbonyl (C=O) groups is 2. The van der Waals surface area contributed by atoms with Crippen LogP contribution in [-0.4, -0.2) is 52.8 Å². The van der Waals surface area contributed by atoms with Crippen LogP contribution in [0.25, 0.3) is 0 Å². The normalized spacial score (nSPS) is 22.7. The van der Waals surface area contributed by atoms with E-state index in [1.807, 2.05) is 11.0 Å². The molecule has 1 N–H and O–H groups in total. The Kier molecular flexibility index (Phi) is 6.76. The minimum absolute atomic E-state index is 0.0632. The maximum atomic E-state index is 13.3. The van der Waals surface area contributed by atoms with Crippen LogP contribution in [0.1, 0.15) is 58.4 Å². The Morgan fingerprint density at radius 1 is 1.14 bits per heavy atom. The van der Waals surface area contributed by atoms with Crippen LogP contribution in [-0.2, 0) is 16.1 Å². The van der Waals surface area contributed by atoms with Crippen molar-refractivity contribution in [2.24, 2.45) is 5.92 Å². The molecule has 0 saturated carbocycles. The largest absolute Gasteiger partial charge is 0.342 e. The summed E-state index contributed by atoms with van der Waals surface area (Å²) in [6.07, 6.45) is 4.12. The SMILES string of the molecule is CCCCN1C(=O)[C@H](CC(C)C)NC(=O)C12CCN(Cc1ccccc1)CC2. The fourth-order valence-electron chi connectivity index (χ4n) is 4.57. The first-order valence-corrected chi connectivity index (χ1v) is 10.8. The van der Waals surface area contributed by atoms with E-state index in [-0.39, 0.29) is 17.9 Å². The molecule has 1 atom stereocenters. The highest BCUT2D eigenvalue weighted by molar-refractivity contribution is 6.00. The Hall–Kier alpha value is -1.88. The number of hydrogen-bond donors (Lipinski definition) is 1. The van der Waals surface area contributed by atoms with Crippen LogP contribution in [0.5, 0.6) is 0 Å². The number of hydrogen-bond acceptors (Lipinski definition) is 3. The Labute approximate surface area is 169 Å². The van der Waals surface area contributed by atoms with Gasteiger partial charge in [0.1, 0.15) is 11.6 Å². The van der Waals surface area contributed by atoms with Gasteiger partial charge < -0.3 is 10.2 Å². The second-order valence-electron chi connectivity index (χ2n) is 8.79. The molecule has 28 heavy (non-hydrogen) atoms. The van der Waals surface area contributed by atoms with E-state index in [0.29, 0.717) is 18.9 Å². The highest BCUT2D eigenvalue weighted by Gasteiger charge is 2.53. The van der Waals surface area contributed by atoms with Gasteiger partial charge in [-0.1, -0.05) is 57.5 Å². The van der Waals surface area contributed by atoms with Gasteiger partial charge in [-0.2, -0.15) is 0 Å². The second kappa shape index (κ2) is 9.08. The molecule has 0 aromatic heterocycles. The number of piperazine rings is 1. The van der Waals surface area contributed by atoms with Gasteiger partial charge in [-0.05, 0) is 37.2 Å². The third kappa shape index (κ3) is 4.40. The lowest BCUT2D eigenvalue weighted by Gasteiger charge is -2.52. The predicted molar refractivity (Wildman–Crippen MR) is 112 cm³/mol. The first-order chi connectivity index (χ1) is 13.5. The second-order valence-corrected chi connectivity index (χ2v) is 8.79. The highest BCUT2D eigenvalue weighted by Crippen LogP contribution is 2.34. The van der Waals surface area contributed by atoms with Crippen molar-refractivity contribution in [3.8, 4) is 0 Å². The quantitative estimate of drug-likeness (QED) is 0.784. The van der Waals surface area contributed by atoms with Crippen LogP contribution < -0.4 is 5.32 Å². The molecule has 0 radical (unpaired) electrons. The molecule has 2 aliphatic heterocycles. The predicted octanol–water partition coefficient (Wildman–Crippen LogP) is 3.19. The molecule has 0 aliphatic carbocycles. The lowest BCUT2D eigenvalue weighted by Crippen LogP contribution is -2.73. The maximum Gasteiger partial charge on any atom is 0.246 e. The molecule has 2 amide bonds. The molecule has 1 aromatic rings. The van der Waals surface area contributed by atoms with Crippen LogP contribution in [0.4, 0.5) is 0 Å². The minimum Gasteiger partial charge on any atom is -0.342 e. The molecule has 2 aliphatic rings. The minimum atomic E-state index is -0.660. The van der Waals surface area contributed by atoms with Crippen LogP contribution >= 0.6 is 0 Å². The van der Waals surface area contributed by atoms with Gasteiger partial charge in [-0.25, -0.2) is 0 Å². The average molecular weight is 386 g/mol. The number of likely N-dealkylation sites (tertiary alicyclic amines) is 1. The van der Waals surface area contributed by atoms with E-state index >= 15 is 0 Å². The molecular weight excluding hydrogens is 350 g/mol. The van der Waals surface area contributed by atoms with Crippen molar-refractivity contribution in [1.82, 2.24) is 15.1 Å². The van der Waals surface area contributed by atoms with Crippen molar-refractivity contribution < 1.29 is 9.59 Å². The van der Waals surface area contributed by atoms with Gasteiger partial charge in [0.15, 0.2) is 0 Å². The van der Waals surface area contributed by atoms with E-state index in [4.69, 9.17) is 0 Å². The standard InChI is InChI=1S/C23H35N3O2/c1-4-5-13-26-21(27)20(16-18(2)3)24-22(28)23(26)11-14-25(15-12-23)17-19-9-7-6-8-10-19/h6-10,18,20H,4-5,11-17H2,1-3H3,(H,24,28)/t20-/m0/s1. The van der Waals surface area contributed by atoms with E-state index in [1.54, 1.807) is 0 Å². The van der Waals surface area contributed by atoms with Crippen LogP contribution in [0.3, 0.4) is 0 Å². The fourth-order valence-corrected chi connectivity index (χ4v) is 4.57. The lowest BCUT2D eigenvalue weighted by molar-refractivity contribution is -0.161. The molecule has 1 aromatic carbocycles. The fraction of sp³-hybridized carbons (Fsp3) is 0.652. The zero-order valence-electron chi connectivity index (χ0n) is 17.6. The summed E-state index contributed by atoms with van der Waals surface area (Å²) in [5.41, 5.74) is 0.634. The van der Waals surface area contributed by atoms with Crippen molar-refractivity contribution in [3.63, 3.8) is 0 Å². The number of amides is 2. The highest BCUT2D eigenvalue weighted by atomic mass is 16.2. The van der Waals surface area contributed by atoms with Crippen molar-refractivity contribution in [2.75, 3.05) is 19.6 Å². The summed E-state index contributed by atoms with van der Waals surface area (Å²) in [6, 6.07) is 10.1. The van der Waals surface area contributed by atoms with Gasteiger partial charge in [0.2, 0.25) is 11.8 Å².